The van der Waals surface area contributed by atoms with Crippen LogP contribution in [-0.4, -0.2) is 37.1 Å². The molecule has 1 fully saturated rings. The van der Waals surface area contributed by atoms with Gasteiger partial charge in [-0.2, -0.15) is 0 Å². The first-order valence-corrected chi connectivity index (χ1v) is 3.54. The zero-order valence-corrected chi connectivity index (χ0v) is 9.02. The molecule has 0 atom stereocenters. The minimum atomic E-state index is 0. The molecular formula is C7H18Cl2N2. The van der Waals surface area contributed by atoms with E-state index in [1.165, 1.54) is 6.54 Å². The number of hydrogen-bond donors (Lipinski definition) is 1. The van der Waals surface area contributed by atoms with Crippen LogP contribution in [0.1, 0.15) is 13.8 Å². The van der Waals surface area contributed by atoms with Crippen molar-refractivity contribution in [3.63, 3.8) is 0 Å². The van der Waals surface area contributed by atoms with Crippen LogP contribution in [0, 0.1) is 0 Å². The molecule has 4 heteroatoms. The summed E-state index contributed by atoms with van der Waals surface area (Å²) in [5.41, 5.74) is 0.326. The van der Waals surface area contributed by atoms with Gasteiger partial charge >= 0.3 is 0 Å². The Morgan fingerprint density at radius 1 is 1.27 bits per heavy atom. The Morgan fingerprint density at radius 2 is 1.82 bits per heavy atom. The van der Waals surface area contributed by atoms with Gasteiger partial charge in [0, 0.05) is 25.2 Å². The maximum atomic E-state index is 3.45. The third-order valence-corrected chi connectivity index (χ3v) is 1.76. The number of nitrogens with one attached hydrogen (secondary N) is 1. The van der Waals surface area contributed by atoms with Gasteiger partial charge in [0.2, 0.25) is 0 Å². The second kappa shape index (κ2) is 5.20. The van der Waals surface area contributed by atoms with E-state index in [4.69, 9.17) is 0 Å². The smallest absolute Gasteiger partial charge is 0.0252 e. The standard InChI is InChI=1S/C7H16N2.2ClH/c1-7(2)6-9(3)5-4-8-7;;/h8H,4-6H2,1-3H3;2*1H. The summed E-state index contributed by atoms with van der Waals surface area (Å²) >= 11 is 0. The van der Waals surface area contributed by atoms with Crippen LogP contribution in [0.3, 0.4) is 0 Å². The number of likely N-dealkylation sites (N-methyl/N-ethyl adjacent to an activating group) is 1. The highest BCUT2D eigenvalue weighted by molar-refractivity contribution is 5.85. The van der Waals surface area contributed by atoms with Crippen LogP contribution in [0.4, 0.5) is 0 Å². The van der Waals surface area contributed by atoms with Crippen LogP contribution in [0.15, 0.2) is 0 Å². The summed E-state index contributed by atoms with van der Waals surface area (Å²) in [7, 11) is 2.17. The minimum Gasteiger partial charge on any atom is -0.309 e. The highest BCUT2D eigenvalue weighted by Gasteiger charge is 2.22. The lowest BCUT2D eigenvalue weighted by atomic mass is 10.0. The predicted octanol–water partition coefficient (Wildman–Crippen LogP) is 1.14. The van der Waals surface area contributed by atoms with E-state index < -0.39 is 0 Å². The van der Waals surface area contributed by atoms with E-state index in [0.29, 0.717) is 5.54 Å². The van der Waals surface area contributed by atoms with Crippen LogP contribution in [0.5, 0.6) is 0 Å². The molecule has 70 valence electrons. The Bertz CT molecular complexity index is 107. The Hall–Kier alpha value is 0.500. The Morgan fingerprint density at radius 3 is 2.09 bits per heavy atom. The summed E-state index contributed by atoms with van der Waals surface area (Å²) in [6, 6.07) is 0. The average molecular weight is 201 g/mol. The first-order valence-electron chi connectivity index (χ1n) is 3.54. The van der Waals surface area contributed by atoms with Gasteiger partial charge in [0.15, 0.2) is 0 Å². The summed E-state index contributed by atoms with van der Waals surface area (Å²) in [5, 5.41) is 3.45. The number of halogens is 2. The molecule has 0 unspecified atom stereocenters. The SMILES string of the molecule is CN1CCNC(C)(C)C1.Cl.Cl. The van der Waals surface area contributed by atoms with Crippen molar-refractivity contribution in [2.75, 3.05) is 26.7 Å². The summed E-state index contributed by atoms with van der Waals surface area (Å²) in [4.78, 5) is 2.36. The van der Waals surface area contributed by atoms with Gasteiger partial charge in [0.05, 0.1) is 0 Å². The molecule has 0 bridgehead atoms. The first-order chi connectivity index (χ1) is 4.10. The fourth-order valence-corrected chi connectivity index (χ4v) is 1.39. The van der Waals surface area contributed by atoms with Gasteiger partial charge in [0.25, 0.3) is 0 Å². The van der Waals surface area contributed by atoms with E-state index in [1.54, 1.807) is 0 Å². The fourth-order valence-electron chi connectivity index (χ4n) is 1.39. The van der Waals surface area contributed by atoms with E-state index in [2.05, 4.69) is 31.1 Å². The molecule has 2 nitrogen and oxygen atoms in total. The molecular weight excluding hydrogens is 183 g/mol. The third-order valence-electron chi connectivity index (χ3n) is 1.76. The van der Waals surface area contributed by atoms with Crippen LogP contribution in [-0.2, 0) is 0 Å². The van der Waals surface area contributed by atoms with Gasteiger partial charge < -0.3 is 10.2 Å². The molecule has 1 aliphatic rings. The minimum absolute atomic E-state index is 0. The predicted molar refractivity (Wildman–Crippen MR) is 54.1 cm³/mol. The normalized spacial score (nSPS) is 23.2. The molecule has 11 heavy (non-hydrogen) atoms. The van der Waals surface area contributed by atoms with E-state index in [9.17, 15) is 0 Å². The Kier molecular flexibility index (Phi) is 6.64. The van der Waals surface area contributed by atoms with E-state index in [-0.39, 0.29) is 24.8 Å². The molecule has 0 aliphatic carbocycles. The second-order valence-electron chi connectivity index (χ2n) is 3.55. The maximum absolute atomic E-state index is 3.45. The quantitative estimate of drug-likeness (QED) is 0.632. The molecule has 1 rings (SSSR count). The lowest BCUT2D eigenvalue weighted by Crippen LogP contribution is -2.55. The first kappa shape index (κ1) is 14.0. The maximum Gasteiger partial charge on any atom is 0.0252 e. The highest BCUT2D eigenvalue weighted by atomic mass is 35.5. The summed E-state index contributed by atoms with van der Waals surface area (Å²) in [5.74, 6) is 0. The number of hydrogen-bond acceptors (Lipinski definition) is 2. The Labute approximate surface area is 81.5 Å². The van der Waals surface area contributed by atoms with Crippen LogP contribution in [0.25, 0.3) is 0 Å². The molecule has 0 aromatic carbocycles. The Balaban J connectivity index is 0. The fraction of sp³-hybridized carbons (Fsp3) is 1.00. The van der Waals surface area contributed by atoms with Gasteiger partial charge in [-0.15, -0.1) is 24.8 Å². The van der Waals surface area contributed by atoms with Crippen LogP contribution >= 0.6 is 24.8 Å². The number of nitrogens with zero attached hydrogens (tertiary/aromatic N) is 1. The van der Waals surface area contributed by atoms with Gasteiger partial charge in [-0.05, 0) is 20.9 Å². The summed E-state index contributed by atoms with van der Waals surface area (Å²) < 4.78 is 0. The zero-order valence-electron chi connectivity index (χ0n) is 7.39. The van der Waals surface area contributed by atoms with Crippen molar-refractivity contribution >= 4 is 24.8 Å². The van der Waals surface area contributed by atoms with Crippen molar-refractivity contribution in [3.05, 3.63) is 0 Å². The summed E-state index contributed by atoms with van der Waals surface area (Å²) in [6.45, 7) is 7.95. The molecule has 0 aromatic heterocycles. The highest BCUT2D eigenvalue weighted by Crippen LogP contribution is 2.07. The zero-order chi connectivity index (χ0) is 6.91. The molecule has 0 aromatic rings. The largest absolute Gasteiger partial charge is 0.309 e. The third kappa shape index (κ3) is 4.86. The van der Waals surface area contributed by atoms with Crippen molar-refractivity contribution < 1.29 is 0 Å². The van der Waals surface area contributed by atoms with Crippen molar-refractivity contribution in [1.82, 2.24) is 10.2 Å². The topological polar surface area (TPSA) is 15.3 Å². The summed E-state index contributed by atoms with van der Waals surface area (Å²) in [6.07, 6.45) is 0. The van der Waals surface area contributed by atoms with E-state index in [0.717, 1.165) is 13.1 Å². The van der Waals surface area contributed by atoms with E-state index in [1.807, 2.05) is 0 Å². The molecule has 0 saturated carbocycles. The number of piperazine rings is 1. The molecule has 1 heterocycles. The van der Waals surface area contributed by atoms with Gasteiger partial charge in [0.1, 0.15) is 0 Å². The van der Waals surface area contributed by atoms with Crippen LogP contribution < -0.4 is 5.32 Å². The van der Waals surface area contributed by atoms with Gasteiger partial charge in [-0.25, -0.2) is 0 Å². The number of rotatable bonds is 0. The second-order valence-corrected chi connectivity index (χ2v) is 3.55. The van der Waals surface area contributed by atoms with Gasteiger partial charge in [-0.1, -0.05) is 0 Å². The molecule has 1 aliphatic heterocycles. The molecule has 0 amide bonds. The molecule has 1 N–H and O–H groups in total. The van der Waals surface area contributed by atoms with E-state index >= 15 is 0 Å². The lowest BCUT2D eigenvalue weighted by Gasteiger charge is -2.36. The van der Waals surface area contributed by atoms with Gasteiger partial charge in [-0.3, -0.25) is 0 Å². The molecule has 1 saturated heterocycles. The average Bonchev–Trinajstić information content (AvgIpc) is 1.60. The van der Waals surface area contributed by atoms with Crippen molar-refractivity contribution in [3.8, 4) is 0 Å². The molecule has 0 radical (unpaired) electrons. The van der Waals surface area contributed by atoms with Crippen molar-refractivity contribution in [2.45, 2.75) is 19.4 Å². The molecule has 0 spiro atoms. The van der Waals surface area contributed by atoms with Crippen LogP contribution in [0.2, 0.25) is 0 Å². The lowest BCUT2D eigenvalue weighted by molar-refractivity contribution is 0.185. The monoisotopic (exact) mass is 200 g/mol. The van der Waals surface area contributed by atoms with Crippen molar-refractivity contribution in [1.29, 1.82) is 0 Å². The van der Waals surface area contributed by atoms with Crippen molar-refractivity contribution in [2.24, 2.45) is 0 Å².